The summed E-state index contributed by atoms with van der Waals surface area (Å²) in [7, 11) is 0. The molecule has 176 valence electrons. The number of halogens is 2. The zero-order valence-corrected chi connectivity index (χ0v) is 19.2. The third-order valence-corrected chi connectivity index (χ3v) is 6.19. The number of amides is 1. The van der Waals surface area contributed by atoms with Gasteiger partial charge in [0.15, 0.2) is 0 Å². The van der Waals surface area contributed by atoms with E-state index in [0.29, 0.717) is 46.2 Å². The van der Waals surface area contributed by atoms with Gasteiger partial charge in [-0.2, -0.15) is 4.39 Å². The molecule has 0 aliphatic heterocycles. The van der Waals surface area contributed by atoms with Crippen molar-refractivity contribution in [2.24, 2.45) is 0 Å². The molecule has 5 aromatic heterocycles. The van der Waals surface area contributed by atoms with E-state index in [9.17, 15) is 9.18 Å². The molecule has 0 atom stereocenters. The Labute approximate surface area is 204 Å². The van der Waals surface area contributed by atoms with Crippen molar-refractivity contribution in [2.45, 2.75) is 31.7 Å². The molecule has 6 rings (SSSR count). The molecule has 35 heavy (non-hydrogen) atoms. The summed E-state index contributed by atoms with van der Waals surface area (Å²) in [5, 5.41) is 6.49. The highest BCUT2D eigenvalue weighted by atomic mass is 35.5. The third kappa shape index (κ3) is 4.40. The minimum atomic E-state index is -0.266. The van der Waals surface area contributed by atoms with Crippen molar-refractivity contribution in [2.75, 3.05) is 10.6 Å². The summed E-state index contributed by atoms with van der Waals surface area (Å²) >= 11 is 6.07. The van der Waals surface area contributed by atoms with Gasteiger partial charge in [0.05, 0.1) is 36.2 Å². The van der Waals surface area contributed by atoms with Gasteiger partial charge in [0.1, 0.15) is 23.6 Å². The normalized spacial score (nSPS) is 13.4. The molecule has 5 aromatic rings. The number of anilines is 2. The van der Waals surface area contributed by atoms with Gasteiger partial charge < -0.3 is 15.0 Å². The Balaban J connectivity index is 1.12. The van der Waals surface area contributed by atoms with Crippen molar-refractivity contribution in [3.8, 4) is 0 Å². The summed E-state index contributed by atoms with van der Waals surface area (Å²) < 4.78 is 18.1. The first-order chi connectivity index (χ1) is 17.0. The molecule has 0 aromatic carbocycles. The van der Waals surface area contributed by atoms with Gasteiger partial charge in [-0.1, -0.05) is 17.7 Å². The maximum absolute atomic E-state index is 14.8. The van der Waals surface area contributed by atoms with Gasteiger partial charge >= 0.3 is 0 Å². The Kier molecular flexibility index (Phi) is 5.29. The minimum Gasteiger partial charge on any atom is -0.364 e. The lowest BCUT2D eigenvalue weighted by Gasteiger charge is -2.07. The molecule has 1 amide bonds. The fourth-order valence-corrected chi connectivity index (χ4v) is 4.23. The number of nitrogens with one attached hydrogen (secondary N) is 2. The highest BCUT2D eigenvalue weighted by molar-refractivity contribution is 6.30. The van der Waals surface area contributed by atoms with Crippen LogP contribution in [-0.4, -0.2) is 34.6 Å². The summed E-state index contributed by atoms with van der Waals surface area (Å²) in [5.41, 5.74) is 3.36. The Morgan fingerprint density at radius 3 is 2.86 bits per heavy atom. The number of aromatic nitrogens is 6. The molecule has 1 fully saturated rings. The van der Waals surface area contributed by atoms with Crippen molar-refractivity contribution < 1.29 is 9.18 Å². The van der Waals surface area contributed by atoms with Crippen LogP contribution in [0.3, 0.4) is 0 Å². The number of hydrogen-bond acceptors (Lipinski definition) is 6. The van der Waals surface area contributed by atoms with Gasteiger partial charge in [-0.3, -0.25) is 9.20 Å². The fourth-order valence-electron chi connectivity index (χ4n) is 4.07. The van der Waals surface area contributed by atoms with Crippen molar-refractivity contribution in [3.63, 3.8) is 0 Å². The van der Waals surface area contributed by atoms with Gasteiger partial charge in [0, 0.05) is 29.0 Å². The summed E-state index contributed by atoms with van der Waals surface area (Å²) in [6.07, 6.45) is 8.61. The van der Waals surface area contributed by atoms with E-state index in [1.165, 1.54) is 10.7 Å². The molecular formula is C24H20ClFN8O. The van der Waals surface area contributed by atoms with Crippen molar-refractivity contribution in [1.82, 2.24) is 28.7 Å². The SMILES string of the molecule is O=C(Cc1ncn2ccc(Cl)cc12)Nc1cc(NCc2cn3c(F)c(C4CC4)ccc3n2)ncn1. The zero-order valence-electron chi connectivity index (χ0n) is 18.4. The molecule has 0 bridgehead atoms. The molecule has 5 heterocycles. The van der Waals surface area contributed by atoms with E-state index in [4.69, 9.17) is 11.6 Å². The van der Waals surface area contributed by atoms with Crippen LogP contribution in [0.4, 0.5) is 16.0 Å². The van der Waals surface area contributed by atoms with E-state index >= 15 is 0 Å². The van der Waals surface area contributed by atoms with Crippen LogP contribution >= 0.6 is 11.6 Å². The Bertz CT molecular complexity index is 1570. The average Bonchev–Trinajstić information content (AvgIpc) is 3.48. The molecular weight excluding hydrogens is 471 g/mol. The van der Waals surface area contributed by atoms with Crippen LogP contribution in [0.15, 0.2) is 55.4 Å². The number of rotatable bonds is 7. The van der Waals surface area contributed by atoms with Crippen LogP contribution in [0, 0.1) is 5.95 Å². The summed E-state index contributed by atoms with van der Waals surface area (Å²) in [5.74, 6) is 0.666. The molecule has 0 saturated heterocycles. The second-order valence-corrected chi connectivity index (χ2v) is 8.95. The zero-order chi connectivity index (χ0) is 23.9. The van der Waals surface area contributed by atoms with Crippen molar-refractivity contribution in [3.05, 3.63) is 83.3 Å². The largest absolute Gasteiger partial charge is 0.364 e. The molecule has 2 N–H and O–H groups in total. The second kappa shape index (κ2) is 8.62. The maximum atomic E-state index is 14.8. The van der Waals surface area contributed by atoms with E-state index in [-0.39, 0.29) is 18.3 Å². The molecule has 1 saturated carbocycles. The highest BCUT2D eigenvalue weighted by Gasteiger charge is 2.27. The van der Waals surface area contributed by atoms with Gasteiger partial charge in [0.25, 0.3) is 0 Å². The smallest absolute Gasteiger partial charge is 0.231 e. The first kappa shape index (κ1) is 21.5. The first-order valence-electron chi connectivity index (χ1n) is 11.2. The number of nitrogens with zero attached hydrogens (tertiary/aromatic N) is 6. The Hall–Kier alpha value is -4.05. The Morgan fingerprint density at radius 2 is 2.00 bits per heavy atom. The van der Waals surface area contributed by atoms with E-state index in [1.807, 2.05) is 12.1 Å². The van der Waals surface area contributed by atoms with E-state index in [2.05, 4.69) is 30.6 Å². The van der Waals surface area contributed by atoms with Crippen molar-refractivity contribution in [1.29, 1.82) is 0 Å². The molecule has 1 aliphatic carbocycles. The quantitative estimate of drug-likeness (QED) is 0.331. The minimum absolute atomic E-state index is 0.0687. The lowest BCUT2D eigenvalue weighted by atomic mass is 10.2. The lowest BCUT2D eigenvalue weighted by molar-refractivity contribution is -0.115. The molecule has 0 radical (unpaired) electrons. The van der Waals surface area contributed by atoms with Crippen LogP contribution in [-0.2, 0) is 17.8 Å². The number of imidazole rings is 2. The predicted molar refractivity (Wildman–Crippen MR) is 129 cm³/mol. The van der Waals surface area contributed by atoms with Crippen LogP contribution in [0.1, 0.15) is 35.7 Å². The van der Waals surface area contributed by atoms with Crippen LogP contribution in [0.5, 0.6) is 0 Å². The molecule has 9 nitrogen and oxygen atoms in total. The van der Waals surface area contributed by atoms with Gasteiger partial charge in [-0.15, -0.1) is 0 Å². The molecule has 0 spiro atoms. The third-order valence-electron chi connectivity index (χ3n) is 5.96. The van der Waals surface area contributed by atoms with E-state index in [1.54, 1.807) is 41.3 Å². The molecule has 0 unspecified atom stereocenters. The monoisotopic (exact) mass is 490 g/mol. The second-order valence-electron chi connectivity index (χ2n) is 8.51. The van der Waals surface area contributed by atoms with Gasteiger partial charge in [-0.25, -0.2) is 19.9 Å². The maximum Gasteiger partial charge on any atom is 0.231 e. The van der Waals surface area contributed by atoms with E-state index in [0.717, 1.165) is 23.9 Å². The summed E-state index contributed by atoms with van der Waals surface area (Å²) in [6, 6.07) is 8.82. The molecule has 11 heteroatoms. The highest BCUT2D eigenvalue weighted by Crippen LogP contribution is 2.41. The number of hydrogen-bond donors (Lipinski definition) is 2. The number of carbonyl (C=O) groups is 1. The lowest BCUT2D eigenvalue weighted by Crippen LogP contribution is -2.16. The van der Waals surface area contributed by atoms with Crippen LogP contribution < -0.4 is 10.6 Å². The first-order valence-corrected chi connectivity index (χ1v) is 11.5. The van der Waals surface area contributed by atoms with Gasteiger partial charge in [0.2, 0.25) is 11.9 Å². The van der Waals surface area contributed by atoms with Crippen LogP contribution in [0.25, 0.3) is 11.2 Å². The Morgan fingerprint density at radius 1 is 1.14 bits per heavy atom. The topological polar surface area (TPSA) is 102 Å². The number of pyridine rings is 2. The van der Waals surface area contributed by atoms with Crippen LogP contribution in [0.2, 0.25) is 5.02 Å². The number of fused-ring (bicyclic) bond motifs is 2. The standard InChI is InChI=1S/C24H20ClFN8O/c25-15-5-6-33-13-30-18(19(33)7-15)8-23(35)32-21-9-20(28-12-29-21)27-10-16-11-34-22(31-16)4-3-17(24(34)26)14-1-2-14/h3-7,9,11-14H,1-2,8,10H2,(H2,27,28,29,32,35). The average molecular weight is 491 g/mol. The van der Waals surface area contributed by atoms with E-state index < -0.39 is 0 Å². The predicted octanol–water partition coefficient (Wildman–Crippen LogP) is 4.24. The molecule has 1 aliphatic rings. The summed E-state index contributed by atoms with van der Waals surface area (Å²) in [4.78, 5) is 29.7. The number of carbonyl (C=O) groups excluding carboxylic acids is 1. The van der Waals surface area contributed by atoms with Gasteiger partial charge in [-0.05, 0) is 37.0 Å². The van der Waals surface area contributed by atoms with Crippen molar-refractivity contribution >= 4 is 40.3 Å². The fraction of sp³-hybridized carbons (Fsp3) is 0.208. The summed E-state index contributed by atoms with van der Waals surface area (Å²) in [6.45, 7) is 0.339.